The van der Waals surface area contributed by atoms with E-state index in [9.17, 15) is 14.7 Å². The van der Waals surface area contributed by atoms with Crippen molar-refractivity contribution in [2.45, 2.75) is 17.9 Å². The molecule has 0 fully saturated rings. The first-order valence-corrected chi connectivity index (χ1v) is 15.6. The van der Waals surface area contributed by atoms with E-state index in [2.05, 4.69) is 22.5 Å². The molecule has 2 bridgehead atoms. The van der Waals surface area contributed by atoms with Crippen LogP contribution in [0.5, 0.6) is 11.5 Å². The number of benzene rings is 4. The number of aliphatic hydroxyl groups is 1. The van der Waals surface area contributed by atoms with Crippen molar-refractivity contribution in [1.82, 2.24) is 0 Å². The van der Waals surface area contributed by atoms with E-state index in [0.29, 0.717) is 31.1 Å². The maximum Gasteiger partial charge on any atom is 0.330 e. The van der Waals surface area contributed by atoms with Gasteiger partial charge in [-0.25, -0.2) is 4.79 Å². The summed E-state index contributed by atoms with van der Waals surface area (Å²) in [7, 11) is 0. The molecule has 0 saturated heterocycles. The van der Waals surface area contributed by atoms with Crippen molar-refractivity contribution in [2.24, 2.45) is 5.92 Å². The van der Waals surface area contributed by atoms with Crippen LogP contribution in [-0.2, 0) is 29.4 Å². The van der Waals surface area contributed by atoms with Gasteiger partial charge in [-0.1, -0.05) is 77.1 Å². The van der Waals surface area contributed by atoms with Crippen LogP contribution in [0.25, 0.3) is 10.8 Å². The molecule has 3 aliphatic carbocycles. The maximum atomic E-state index is 13.5. The zero-order chi connectivity index (χ0) is 31.4. The van der Waals surface area contributed by atoms with Gasteiger partial charge in [0.2, 0.25) is 0 Å². The molecule has 0 spiro atoms. The Bertz CT molecular complexity index is 1740. The van der Waals surface area contributed by atoms with Crippen LogP contribution in [0.15, 0.2) is 96.0 Å². The zero-order valence-corrected chi connectivity index (χ0v) is 26.2. The molecule has 1 N–H and O–H groups in total. The molecular weight excluding hydrogens is 640 g/mol. The second-order valence-electron chi connectivity index (χ2n) is 10.9. The molecule has 8 nitrogen and oxygen atoms in total. The summed E-state index contributed by atoms with van der Waals surface area (Å²) in [5.41, 5.74) is 2.15. The Morgan fingerprint density at radius 2 is 1.42 bits per heavy atom. The van der Waals surface area contributed by atoms with Crippen LogP contribution in [0.3, 0.4) is 0 Å². The van der Waals surface area contributed by atoms with Gasteiger partial charge in [-0.2, -0.15) is 0 Å². The van der Waals surface area contributed by atoms with Crippen LogP contribution in [0, 0.1) is 5.92 Å². The molecule has 3 aliphatic rings. The third kappa shape index (κ3) is 6.08. The molecule has 3 atom stereocenters. The summed E-state index contributed by atoms with van der Waals surface area (Å²) < 4.78 is 29.0. The maximum absolute atomic E-state index is 13.5. The molecule has 0 saturated carbocycles. The van der Waals surface area contributed by atoms with Crippen LogP contribution < -0.4 is 9.47 Å². The highest BCUT2D eigenvalue weighted by Gasteiger charge is 2.56. The van der Waals surface area contributed by atoms with Gasteiger partial charge in [-0.3, -0.25) is 4.79 Å². The summed E-state index contributed by atoms with van der Waals surface area (Å²) in [5, 5.41) is 13.9. The van der Waals surface area contributed by atoms with E-state index in [1.165, 1.54) is 0 Å². The molecular formula is C36H33BrO8. The third-order valence-electron chi connectivity index (χ3n) is 8.36. The first-order valence-electron chi connectivity index (χ1n) is 14.8. The average Bonchev–Trinajstić information content (AvgIpc) is 3.06. The van der Waals surface area contributed by atoms with Crippen LogP contribution in [0.4, 0.5) is 0 Å². The third-order valence-corrected chi connectivity index (χ3v) is 8.85. The normalized spacial score (nSPS) is 19.3. The Morgan fingerprint density at radius 3 is 2.16 bits per heavy atom. The topological polar surface area (TPSA) is 101 Å². The second kappa shape index (κ2) is 13.4. The Labute approximate surface area is 269 Å². The second-order valence-corrected chi connectivity index (χ2v) is 11.8. The van der Waals surface area contributed by atoms with Gasteiger partial charge in [-0.05, 0) is 52.9 Å². The number of rotatable bonds is 13. The van der Waals surface area contributed by atoms with E-state index >= 15 is 0 Å². The molecule has 0 aromatic heterocycles. The highest BCUT2D eigenvalue weighted by molar-refractivity contribution is 9.10. The van der Waals surface area contributed by atoms with Crippen molar-refractivity contribution >= 4 is 38.6 Å². The predicted octanol–water partition coefficient (Wildman–Crippen LogP) is 6.05. The van der Waals surface area contributed by atoms with E-state index in [1.807, 2.05) is 78.9 Å². The smallest absolute Gasteiger partial charge is 0.330 e. The molecule has 4 aromatic rings. The Balaban J connectivity index is 1.05. The molecule has 7 rings (SSSR count). The van der Waals surface area contributed by atoms with E-state index in [1.54, 1.807) is 0 Å². The lowest BCUT2D eigenvalue weighted by molar-refractivity contribution is -0.160. The highest BCUT2D eigenvalue weighted by Crippen LogP contribution is 2.58. The van der Waals surface area contributed by atoms with Gasteiger partial charge in [0.1, 0.15) is 43.5 Å². The highest BCUT2D eigenvalue weighted by atomic mass is 79.9. The largest absolute Gasteiger partial charge is 0.491 e. The van der Waals surface area contributed by atoms with Crippen LogP contribution >= 0.6 is 15.9 Å². The minimum atomic E-state index is -1.46. The van der Waals surface area contributed by atoms with E-state index in [-0.39, 0.29) is 32.3 Å². The number of hydrogen-bond acceptors (Lipinski definition) is 8. The number of fused-ring (bicyclic) bond motifs is 2. The van der Waals surface area contributed by atoms with Crippen LogP contribution in [-0.4, -0.2) is 56.7 Å². The summed E-state index contributed by atoms with van der Waals surface area (Å²) in [6, 6.07) is 25.0. The van der Waals surface area contributed by atoms with Crippen molar-refractivity contribution in [1.29, 1.82) is 0 Å². The fourth-order valence-electron chi connectivity index (χ4n) is 6.39. The Hall–Kier alpha value is -4.18. The lowest BCUT2D eigenvalue weighted by Gasteiger charge is -2.50. The standard InChI is InChI=1S/C36H33BrO8/c1-2-34(38)44-18-16-41-15-17-42-32-13-14-33(26-9-4-3-8-25(26)32)43-19-20-45-35(39)31-22-27-24-7-5-6-10-29(24)36(31,40)30-12-11-23(37)21-28(27)30/h2-14,21,27,31,40H,1,15-20,22H2. The molecule has 3 unspecified atom stereocenters. The van der Waals surface area contributed by atoms with Gasteiger partial charge in [0.05, 0.1) is 19.1 Å². The van der Waals surface area contributed by atoms with Gasteiger partial charge in [0, 0.05) is 27.2 Å². The molecule has 0 aliphatic heterocycles. The average molecular weight is 674 g/mol. The van der Waals surface area contributed by atoms with E-state index in [0.717, 1.165) is 43.6 Å². The number of hydrogen-bond donors (Lipinski definition) is 1. The lowest BCUT2D eigenvalue weighted by atomic mass is 9.56. The van der Waals surface area contributed by atoms with Crippen molar-refractivity contribution < 1.29 is 38.4 Å². The number of carbonyl (C=O) groups is 2. The molecule has 4 aromatic carbocycles. The minimum absolute atomic E-state index is 0.00258. The SMILES string of the molecule is C=CC(=O)OCCOCCOc1ccc(OCCOC(=O)C2CC3c4ccccc4C2(O)c2ccc(Br)cc23)c2ccccc12. The molecule has 0 amide bonds. The van der Waals surface area contributed by atoms with Crippen LogP contribution in [0.2, 0.25) is 0 Å². The first-order chi connectivity index (χ1) is 21.9. The molecule has 0 heterocycles. The van der Waals surface area contributed by atoms with E-state index < -0.39 is 23.5 Å². The number of halogens is 1. The summed E-state index contributed by atoms with van der Waals surface area (Å²) in [4.78, 5) is 24.5. The molecule has 9 heteroatoms. The Kier molecular flexibility index (Phi) is 9.21. The monoisotopic (exact) mass is 672 g/mol. The number of carbonyl (C=O) groups excluding carboxylic acids is 2. The lowest BCUT2D eigenvalue weighted by Crippen LogP contribution is -2.50. The van der Waals surface area contributed by atoms with Crippen molar-refractivity contribution in [3.05, 3.63) is 118 Å². The summed E-state index contributed by atoms with van der Waals surface area (Å²) in [6.07, 6.45) is 1.58. The number of ether oxygens (including phenoxy) is 5. The fourth-order valence-corrected chi connectivity index (χ4v) is 6.77. The molecule has 0 radical (unpaired) electrons. The van der Waals surface area contributed by atoms with Gasteiger partial charge >= 0.3 is 11.9 Å². The van der Waals surface area contributed by atoms with Gasteiger partial charge < -0.3 is 28.8 Å². The quantitative estimate of drug-likeness (QED) is 0.104. The van der Waals surface area contributed by atoms with Crippen molar-refractivity contribution in [2.75, 3.05) is 39.6 Å². The predicted molar refractivity (Wildman–Crippen MR) is 171 cm³/mol. The van der Waals surface area contributed by atoms with Crippen molar-refractivity contribution in [3.8, 4) is 11.5 Å². The molecule has 45 heavy (non-hydrogen) atoms. The zero-order valence-electron chi connectivity index (χ0n) is 24.6. The number of esters is 2. The summed E-state index contributed by atoms with van der Waals surface area (Å²) in [6.45, 7) is 4.59. The van der Waals surface area contributed by atoms with Gasteiger partial charge in [0.25, 0.3) is 0 Å². The van der Waals surface area contributed by atoms with E-state index in [4.69, 9.17) is 23.7 Å². The summed E-state index contributed by atoms with van der Waals surface area (Å²) >= 11 is 3.56. The van der Waals surface area contributed by atoms with Gasteiger partial charge in [-0.15, -0.1) is 0 Å². The fraction of sp³-hybridized carbons (Fsp3) is 0.278. The van der Waals surface area contributed by atoms with Crippen molar-refractivity contribution in [3.63, 3.8) is 0 Å². The van der Waals surface area contributed by atoms with Gasteiger partial charge in [0.15, 0.2) is 0 Å². The Morgan fingerprint density at radius 1 is 0.800 bits per heavy atom. The first kappa shape index (κ1) is 30.8. The summed E-state index contributed by atoms with van der Waals surface area (Å²) in [5.74, 6) is -0.338. The minimum Gasteiger partial charge on any atom is -0.491 e. The molecule has 232 valence electrons. The van der Waals surface area contributed by atoms with Crippen LogP contribution in [0.1, 0.15) is 34.6 Å².